The van der Waals surface area contributed by atoms with Crippen LogP contribution in [-0.2, 0) is 9.53 Å². The zero-order valence-electron chi connectivity index (χ0n) is 11.2. The topological polar surface area (TPSA) is 61.8 Å². The third-order valence-corrected chi connectivity index (χ3v) is 3.33. The van der Waals surface area contributed by atoms with Crippen molar-refractivity contribution in [3.63, 3.8) is 0 Å². The van der Waals surface area contributed by atoms with Crippen LogP contribution in [0.4, 0.5) is 0 Å². The summed E-state index contributed by atoms with van der Waals surface area (Å²) in [7, 11) is 1.64. The molecular weight excluding hydrogens is 256 g/mol. The van der Waals surface area contributed by atoms with Crippen molar-refractivity contribution in [3.05, 3.63) is 0 Å². The van der Waals surface area contributed by atoms with Crippen LogP contribution in [0.5, 0.6) is 0 Å². The maximum Gasteiger partial charge on any atom is 0.236 e. The molecule has 0 aromatic carbocycles. The van der Waals surface area contributed by atoms with Gasteiger partial charge in [0.2, 0.25) is 5.91 Å². The summed E-state index contributed by atoms with van der Waals surface area (Å²) in [6.45, 7) is 5.06. The largest absolute Gasteiger partial charge is 0.393 e. The molecule has 5 nitrogen and oxygen atoms in total. The van der Waals surface area contributed by atoms with Gasteiger partial charge in [0.1, 0.15) is 0 Å². The molecule has 0 saturated carbocycles. The van der Waals surface area contributed by atoms with Gasteiger partial charge in [-0.05, 0) is 25.7 Å². The Bertz CT molecular complexity index is 231. The van der Waals surface area contributed by atoms with Crippen LogP contribution in [0.1, 0.15) is 19.8 Å². The van der Waals surface area contributed by atoms with E-state index in [0.717, 1.165) is 25.9 Å². The molecule has 6 heteroatoms. The van der Waals surface area contributed by atoms with E-state index < -0.39 is 0 Å². The lowest BCUT2D eigenvalue weighted by Crippen LogP contribution is -2.44. The Kier molecular flexibility index (Phi) is 9.36. The van der Waals surface area contributed by atoms with E-state index in [1.54, 1.807) is 7.11 Å². The molecule has 1 amide bonds. The molecule has 0 aromatic rings. The van der Waals surface area contributed by atoms with Gasteiger partial charge < -0.3 is 20.1 Å². The Morgan fingerprint density at radius 3 is 2.61 bits per heavy atom. The number of carbonyl (C=O) groups excluding carboxylic acids is 1. The van der Waals surface area contributed by atoms with E-state index in [-0.39, 0.29) is 24.4 Å². The summed E-state index contributed by atoms with van der Waals surface area (Å²) in [4.78, 5) is 13.7. The SMILES string of the molecule is COCCNCC(=O)N1CCC(C(C)O)CC1.Cl. The summed E-state index contributed by atoms with van der Waals surface area (Å²) in [6.07, 6.45) is 1.55. The van der Waals surface area contributed by atoms with Crippen LogP contribution in [0.25, 0.3) is 0 Å². The number of rotatable bonds is 6. The number of methoxy groups -OCH3 is 1. The smallest absolute Gasteiger partial charge is 0.236 e. The van der Waals surface area contributed by atoms with Crippen molar-refractivity contribution in [2.45, 2.75) is 25.9 Å². The van der Waals surface area contributed by atoms with Crippen LogP contribution in [0.3, 0.4) is 0 Å². The first-order valence-corrected chi connectivity index (χ1v) is 6.30. The highest BCUT2D eigenvalue weighted by Gasteiger charge is 2.24. The summed E-state index contributed by atoms with van der Waals surface area (Å²) >= 11 is 0. The summed E-state index contributed by atoms with van der Waals surface area (Å²) in [5.74, 6) is 0.491. The van der Waals surface area contributed by atoms with Crippen LogP contribution in [0, 0.1) is 5.92 Å². The highest BCUT2D eigenvalue weighted by atomic mass is 35.5. The number of likely N-dealkylation sites (tertiary alicyclic amines) is 1. The number of ether oxygens (including phenoxy) is 1. The van der Waals surface area contributed by atoms with Gasteiger partial charge >= 0.3 is 0 Å². The van der Waals surface area contributed by atoms with Crippen LogP contribution in [0.15, 0.2) is 0 Å². The predicted molar refractivity (Wildman–Crippen MR) is 73.0 cm³/mol. The minimum atomic E-state index is -0.257. The lowest BCUT2D eigenvalue weighted by molar-refractivity contribution is -0.132. The van der Waals surface area contributed by atoms with E-state index in [9.17, 15) is 9.90 Å². The molecule has 0 aliphatic carbocycles. The van der Waals surface area contributed by atoms with Crippen molar-refractivity contribution < 1.29 is 14.6 Å². The molecule has 0 aromatic heterocycles. The predicted octanol–water partition coefficient (Wildman–Crippen LogP) is 0.264. The van der Waals surface area contributed by atoms with E-state index in [2.05, 4.69) is 5.32 Å². The molecule has 1 atom stereocenters. The summed E-state index contributed by atoms with van der Waals surface area (Å²) in [5.41, 5.74) is 0. The van der Waals surface area contributed by atoms with Crippen LogP contribution in [0.2, 0.25) is 0 Å². The molecule has 1 heterocycles. The highest BCUT2D eigenvalue weighted by molar-refractivity contribution is 5.85. The quantitative estimate of drug-likeness (QED) is 0.686. The molecule has 0 radical (unpaired) electrons. The molecule has 0 spiro atoms. The normalized spacial score (nSPS) is 18.3. The Hall–Kier alpha value is -0.360. The Labute approximate surface area is 115 Å². The van der Waals surface area contributed by atoms with Crippen LogP contribution >= 0.6 is 12.4 Å². The van der Waals surface area contributed by atoms with Crippen molar-refractivity contribution in [2.24, 2.45) is 5.92 Å². The van der Waals surface area contributed by atoms with Gasteiger partial charge in [0, 0.05) is 26.7 Å². The van der Waals surface area contributed by atoms with E-state index in [1.165, 1.54) is 0 Å². The first-order valence-electron chi connectivity index (χ1n) is 6.30. The zero-order chi connectivity index (χ0) is 12.7. The van der Waals surface area contributed by atoms with Gasteiger partial charge in [0.25, 0.3) is 0 Å². The first kappa shape index (κ1) is 17.6. The lowest BCUT2D eigenvalue weighted by Gasteiger charge is -2.33. The number of piperidine rings is 1. The van der Waals surface area contributed by atoms with Crippen molar-refractivity contribution in [2.75, 3.05) is 39.9 Å². The van der Waals surface area contributed by atoms with Gasteiger partial charge in [-0.15, -0.1) is 12.4 Å². The van der Waals surface area contributed by atoms with E-state index in [0.29, 0.717) is 25.6 Å². The summed E-state index contributed by atoms with van der Waals surface area (Å²) in [5, 5.41) is 12.5. The second kappa shape index (κ2) is 9.55. The van der Waals surface area contributed by atoms with Crippen LogP contribution < -0.4 is 5.32 Å². The average Bonchev–Trinajstić information content (AvgIpc) is 2.34. The second-order valence-electron chi connectivity index (χ2n) is 4.63. The van der Waals surface area contributed by atoms with Crippen molar-refractivity contribution in [3.8, 4) is 0 Å². The van der Waals surface area contributed by atoms with Gasteiger partial charge in [-0.2, -0.15) is 0 Å². The third-order valence-electron chi connectivity index (χ3n) is 3.33. The summed E-state index contributed by atoms with van der Waals surface area (Å²) in [6, 6.07) is 0. The monoisotopic (exact) mass is 280 g/mol. The minimum absolute atomic E-state index is 0. The molecule has 1 aliphatic heterocycles. The molecule has 1 unspecified atom stereocenters. The Balaban J connectivity index is 0.00000289. The van der Waals surface area contributed by atoms with Gasteiger partial charge in [0.15, 0.2) is 0 Å². The Morgan fingerprint density at radius 2 is 2.11 bits per heavy atom. The number of aliphatic hydroxyl groups excluding tert-OH is 1. The highest BCUT2D eigenvalue weighted by Crippen LogP contribution is 2.20. The number of aliphatic hydroxyl groups is 1. The first-order chi connectivity index (χ1) is 8.15. The minimum Gasteiger partial charge on any atom is -0.393 e. The molecule has 1 fully saturated rings. The molecule has 18 heavy (non-hydrogen) atoms. The number of hydrogen-bond donors (Lipinski definition) is 2. The van der Waals surface area contributed by atoms with Crippen molar-refractivity contribution in [1.82, 2.24) is 10.2 Å². The number of nitrogens with zero attached hydrogens (tertiary/aromatic N) is 1. The van der Waals surface area contributed by atoms with Gasteiger partial charge in [-0.25, -0.2) is 0 Å². The van der Waals surface area contributed by atoms with Crippen LogP contribution in [-0.4, -0.2) is 61.9 Å². The molecule has 1 aliphatic rings. The number of amides is 1. The fraction of sp³-hybridized carbons (Fsp3) is 0.917. The molecule has 0 bridgehead atoms. The standard InChI is InChI=1S/C12H24N2O3.ClH/c1-10(15)11-3-6-14(7-4-11)12(16)9-13-5-8-17-2;/h10-11,13,15H,3-9H2,1-2H3;1H. The fourth-order valence-corrected chi connectivity index (χ4v) is 2.11. The van der Waals surface area contributed by atoms with E-state index in [4.69, 9.17) is 4.74 Å². The van der Waals surface area contributed by atoms with Gasteiger partial charge in [-0.3, -0.25) is 4.79 Å². The maximum atomic E-state index is 11.8. The number of hydrogen-bond acceptors (Lipinski definition) is 4. The lowest BCUT2D eigenvalue weighted by atomic mass is 9.92. The number of nitrogens with one attached hydrogen (secondary N) is 1. The average molecular weight is 281 g/mol. The number of carbonyl (C=O) groups is 1. The molecule has 2 N–H and O–H groups in total. The molecule has 1 saturated heterocycles. The third kappa shape index (κ3) is 6.00. The molecular formula is C12H25ClN2O3. The van der Waals surface area contributed by atoms with E-state index in [1.807, 2.05) is 11.8 Å². The summed E-state index contributed by atoms with van der Waals surface area (Å²) < 4.78 is 4.89. The van der Waals surface area contributed by atoms with Gasteiger partial charge in [0.05, 0.1) is 19.3 Å². The second-order valence-corrected chi connectivity index (χ2v) is 4.63. The zero-order valence-corrected chi connectivity index (χ0v) is 12.0. The number of halogens is 1. The van der Waals surface area contributed by atoms with Crippen molar-refractivity contribution in [1.29, 1.82) is 0 Å². The maximum absolute atomic E-state index is 11.8. The van der Waals surface area contributed by atoms with Crippen molar-refractivity contribution >= 4 is 18.3 Å². The Morgan fingerprint density at radius 1 is 1.50 bits per heavy atom. The van der Waals surface area contributed by atoms with Gasteiger partial charge in [-0.1, -0.05) is 0 Å². The fourth-order valence-electron chi connectivity index (χ4n) is 2.11. The molecule has 108 valence electrons. The molecule has 1 rings (SSSR count). The van der Waals surface area contributed by atoms with E-state index >= 15 is 0 Å².